The molecular formula is C21H19F2N5O. The second kappa shape index (κ2) is 7.04. The van der Waals surface area contributed by atoms with Crippen molar-refractivity contribution < 1.29 is 13.5 Å². The molecule has 1 aromatic carbocycles. The minimum atomic E-state index is -1.38. The number of rotatable bonds is 4. The Kier molecular flexibility index (Phi) is 4.35. The summed E-state index contributed by atoms with van der Waals surface area (Å²) in [6.45, 7) is 1.16. The molecule has 8 heteroatoms. The molecule has 1 fully saturated rings. The number of nitrogens with zero attached hydrogens (tertiary/aromatic N) is 4. The van der Waals surface area contributed by atoms with Crippen LogP contribution in [0.1, 0.15) is 12.8 Å². The van der Waals surface area contributed by atoms with E-state index in [1.165, 1.54) is 6.07 Å². The van der Waals surface area contributed by atoms with Crippen LogP contribution in [0.2, 0.25) is 0 Å². The Balaban J connectivity index is 1.45. The number of ether oxygens (including phenoxy) is 1. The SMILES string of the molecule is Fc1cc(OCC2(F)CCNCC2)cc2ccc(-c3nnc4ccccn34)nc12. The molecule has 0 atom stereocenters. The van der Waals surface area contributed by atoms with Gasteiger partial charge in [-0.05, 0) is 50.2 Å². The lowest BCUT2D eigenvalue weighted by Gasteiger charge is -2.29. The van der Waals surface area contributed by atoms with Crippen LogP contribution >= 0.6 is 0 Å². The molecule has 1 N–H and O–H groups in total. The van der Waals surface area contributed by atoms with Gasteiger partial charge in [-0.1, -0.05) is 12.1 Å². The number of pyridine rings is 2. The van der Waals surface area contributed by atoms with Crippen LogP contribution in [0.5, 0.6) is 5.75 Å². The molecule has 0 aliphatic carbocycles. The number of halogens is 2. The van der Waals surface area contributed by atoms with Crippen molar-refractivity contribution in [2.75, 3.05) is 19.7 Å². The minimum absolute atomic E-state index is 0.0864. The van der Waals surface area contributed by atoms with Gasteiger partial charge in [-0.2, -0.15) is 0 Å². The summed E-state index contributed by atoms with van der Waals surface area (Å²) >= 11 is 0. The van der Waals surface area contributed by atoms with Gasteiger partial charge in [0.25, 0.3) is 0 Å². The highest BCUT2D eigenvalue weighted by Gasteiger charge is 2.32. The van der Waals surface area contributed by atoms with Crippen LogP contribution in [0.3, 0.4) is 0 Å². The number of hydrogen-bond acceptors (Lipinski definition) is 5. The zero-order chi connectivity index (χ0) is 19.8. The number of hydrogen-bond donors (Lipinski definition) is 1. The Morgan fingerprint density at radius 3 is 2.83 bits per heavy atom. The van der Waals surface area contributed by atoms with Crippen molar-refractivity contribution in [1.29, 1.82) is 0 Å². The lowest BCUT2D eigenvalue weighted by molar-refractivity contribution is 0.0538. The molecule has 29 heavy (non-hydrogen) atoms. The molecule has 4 aromatic rings. The van der Waals surface area contributed by atoms with Crippen LogP contribution in [0.4, 0.5) is 8.78 Å². The zero-order valence-electron chi connectivity index (χ0n) is 15.6. The van der Waals surface area contributed by atoms with Crippen LogP contribution in [0, 0.1) is 5.82 Å². The Labute approximate surface area is 165 Å². The summed E-state index contributed by atoms with van der Waals surface area (Å²) in [7, 11) is 0. The monoisotopic (exact) mass is 395 g/mol. The topological polar surface area (TPSA) is 64.3 Å². The third-order valence-corrected chi connectivity index (χ3v) is 5.26. The molecule has 148 valence electrons. The van der Waals surface area contributed by atoms with E-state index in [2.05, 4.69) is 20.5 Å². The quantitative estimate of drug-likeness (QED) is 0.573. The van der Waals surface area contributed by atoms with Crippen LogP contribution in [0.15, 0.2) is 48.7 Å². The predicted molar refractivity (Wildman–Crippen MR) is 105 cm³/mol. The van der Waals surface area contributed by atoms with Gasteiger partial charge in [0.1, 0.15) is 29.2 Å². The summed E-state index contributed by atoms with van der Waals surface area (Å²) < 4.78 is 36.9. The second-order valence-electron chi connectivity index (χ2n) is 7.32. The molecule has 0 saturated carbocycles. The number of alkyl halides is 1. The molecule has 0 unspecified atom stereocenters. The van der Waals surface area contributed by atoms with Gasteiger partial charge >= 0.3 is 0 Å². The van der Waals surface area contributed by atoms with Gasteiger partial charge in [0, 0.05) is 17.6 Å². The maximum atomic E-state index is 14.8. The standard InChI is InChI=1S/C21H19F2N5O/c22-16-12-15(29-13-21(23)6-8-24-9-7-21)11-14-4-5-17(25-19(14)16)20-27-26-18-3-1-2-10-28(18)20/h1-5,10-12,24H,6-9,13H2. The third-order valence-electron chi connectivity index (χ3n) is 5.26. The molecule has 1 saturated heterocycles. The zero-order valence-corrected chi connectivity index (χ0v) is 15.6. The van der Waals surface area contributed by atoms with E-state index in [1.807, 2.05) is 24.4 Å². The van der Waals surface area contributed by atoms with E-state index >= 15 is 0 Å². The Hall–Kier alpha value is -3.13. The third kappa shape index (κ3) is 3.40. The predicted octanol–water partition coefficient (Wildman–Crippen LogP) is 3.55. The highest BCUT2D eigenvalue weighted by Crippen LogP contribution is 2.29. The second-order valence-corrected chi connectivity index (χ2v) is 7.32. The minimum Gasteiger partial charge on any atom is -0.490 e. The van der Waals surface area contributed by atoms with E-state index in [0.29, 0.717) is 54.2 Å². The summed E-state index contributed by atoms with van der Waals surface area (Å²) in [5.74, 6) is 0.312. The molecule has 0 radical (unpaired) electrons. The molecule has 3 aromatic heterocycles. The smallest absolute Gasteiger partial charge is 0.187 e. The molecule has 4 heterocycles. The summed E-state index contributed by atoms with van der Waals surface area (Å²) in [6.07, 6.45) is 2.61. The van der Waals surface area contributed by atoms with Crippen molar-refractivity contribution in [2.24, 2.45) is 0 Å². The molecule has 1 aliphatic heterocycles. The Bertz CT molecular complexity index is 1190. The number of fused-ring (bicyclic) bond motifs is 2. The summed E-state index contributed by atoms with van der Waals surface area (Å²) in [6, 6.07) is 12.0. The Morgan fingerprint density at radius 1 is 1.10 bits per heavy atom. The van der Waals surface area contributed by atoms with Crippen molar-refractivity contribution >= 4 is 16.6 Å². The summed E-state index contributed by atoms with van der Waals surface area (Å²) in [4.78, 5) is 4.44. The number of piperidine rings is 1. The van der Waals surface area contributed by atoms with E-state index in [0.717, 1.165) is 0 Å². The maximum absolute atomic E-state index is 14.8. The highest BCUT2D eigenvalue weighted by molar-refractivity contribution is 5.83. The average molecular weight is 395 g/mol. The van der Waals surface area contributed by atoms with Gasteiger partial charge < -0.3 is 10.1 Å². The molecule has 0 amide bonds. The average Bonchev–Trinajstić information content (AvgIpc) is 3.17. The van der Waals surface area contributed by atoms with Crippen molar-refractivity contribution in [3.63, 3.8) is 0 Å². The number of aromatic nitrogens is 4. The highest BCUT2D eigenvalue weighted by atomic mass is 19.1. The van der Waals surface area contributed by atoms with Gasteiger partial charge in [-0.25, -0.2) is 13.8 Å². The summed E-state index contributed by atoms with van der Waals surface area (Å²) in [5, 5.41) is 12.0. The van der Waals surface area contributed by atoms with Crippen molar-refractivity contribution in [1.82, 2.24) is 24.9 Å². The first kappa shape index (κ1) is 17.9. The molecule has 1 aliphatic rings. The molecule has 0 bridgehead atoms. The molecular weight excluding hydrogens is 376 g/mol. The van der Waals surface area contributed by atoms with Gasteiger partial charge in [-0.3, -0.25) is 4.40 Å². The van der Waals surface area contributed by atoms with E-state index in [-0.39, 0.29) is 12.1 Å². The van der Waals surface area contributed by atoms with Crippen LogP contribution in [-0.4, -0.2) is 44.9 Å². The van der Waals surface area contributed by atoms with Crippen molar-refractivity contribution in [2.45, 2.75) is 18.5 Å². The lowest BCUT2D eigenvalue weighted by Crippen LogP contribution is -2.42. The van der Waals surface area contributed by atoms with E-state index < -0.39 is 11.5 Å². The maximum Gasteiger partial charge on any atom is 0.187 e. The lowest BCUT2D eigenvalue weighted by atomic mass is 9.95. The van der Waals surface area contributed by atoms with E-state index in [9.17, 15) is 8.78 Å². The fourth-order valence-corrected chi connectivity index (χ4v) is 3.62. The normalized spacial score (nSPS) is 16.3. The first-order valence-corrected chi connectivity index (χ1v) is 9.54. The Morgan fingerprint density at radius 2 is 1.97 bits per heavy atom. The van der Waals surface area contributed by atoms with Gasteiger partial charge in [0.05, 0.1) is 0 Å². The molecule has 0 spiro atoms. The summed E-state index contributed by atoms with van der Waals surface area (Å²) in [5.41, 5.74) is 0.0280. The van der Waals surface area contributed by atoms with Crippen molar-refractivity contribution in [3.05, 3.63) is 54.5 Å². The van der Waals surface area contributed by atoms with Gasteiger partial charge in [0.2, 0.25) is 0 Å². The first-order chi connectivity index (χ1) is 14.1. The number of benzene rings is 1. The molecule has 6 nitrogen and oxygen atoms in total. The van der Waals surface area contributed by atoms with Crippen LogP contribution in [-0.2, 0) is 0 Å². The molecule has 5 rings (SSSR count). The fraction of sp³-hybridized carbons (Fsp3) is 0.286. The van der Waals surface area contributed by atoms with Crippen LogP contribution in [0.25, 0.3) is 28.1 Å². The van der Waals surface area contributed by atoms with E-state index in [4.69, 9.17) is 4.74 Å². The number of nitrogens with one attached hydrogen (secondary N) is 1. The first-order valence-electron chi connectivity index (χ1n) is 9.54. The van der Waals surface area contributed by atoms with Crippen molar-refractivity contribution in [3.8, 4) is 17.3 Å². The van der Waals surface area contributed by atoms with Gasteiger partial charge in [-0.15, -0.1) is 10.2 Å². The van der Waals surface area contributed by atoms with Gasteiger partial charge in [0.15, 0.2) is 17.3 Å². The fourth-order valence-electron chi connectivity index (χ4n) is 3.62. The largest absolute Gasteiger partial charge is 0.490 e. The van der Waals surface area contributed by atoms with Crippen LogP contribution < -0.4 is 10.1 Å². The van der Waals surface area contributed by atoms with E-state index in [1.54, 1.807) is 22.6 Å².